The van der Waals surface area contributed by atoms with E-state index in [4.69, 9.17) is 9.47 Å². The van der Waals surface area contributed by atoms with E-state index in [2.05, 4.69) is 24.9 Å². The lowest BCUT2D eigenvalue weighted by atomic mass is 9.72. The number of phenolic OH excluding ortho intramolecular Hbond substituents is 1. The molecule has 1 aromatic rings. The third-order valence-corrected chi connectivity index (χ3v) is 5.35. The number of ether oxygens (including phenoxy) is 2. The molecule has 1 aromatic carbocycles. The SMILES string of the molecule is CCCN(C)C1Cc2ccc(O)c3c2C2C1=CC=C(OC)[C@@H]2O3. The van der Waals surface area contributed by atoms with Crippen molar-refractivity contribution in [3.05, 3.63) is 46.7 Å². The third kappa shape index (κ3) is 2.01. The molecule has 3 aliphatic rings. The Morgan fingerprint density at radius 1 is 1.35 bits per heavy atom. The van der Waals surface area contributed by atoms with E-state index >= 15 is 0 Å². The predicted molar refractivity (Wildman–Crippen MR) is 88.9 cm³/mol. The molecule has 0 spiro atoms. The van der Waals surface area contributed by atoms with Gasteiger partial charge in [-0.05, 0) is 49.7 Å². The maximum absolute atomic E-state index is 10.2. The highest BCUT2D eigenvalue weighted by Gasteiger charge is 2.49. The van der Waals surface area contributed by atoms with Crippen molar-refractivity contribution in [1.82, 2.24) is 4.90 Å². The molecule has 2 aliphatic carbocycles. The average Bonchev–Trinajstić information content (AvgIpc) is 2.96. The Bertz CT molecular complexity index is 707. The summed E-state index contributed by atoms with van der Waals surface area (Å²) in [6, 6.07) is 4.19. The summed E-state index contributed by atoms with van der Waals surface area (Å²) in [6.45, 7) is 3.28. The standard InChI is InChI=1S/C19H23NO3/c1-4-9-20(2)13-10-11-5-7-14(21)18-16(11)17-12(13)6-8-15(22-3)19(17)23-18/h5-8,13,17,19,21H,4,9-10H2,1-3H3/t13?,17?,19-/m0/s1. The van der Waals surface area contributed by atoms with Crippen LogP contribution in [-0.4, -0.2) is 42.9 Å². The van der Waals surface area contributed by atoms with E-state index in [0.717, 1.165) is 30.7 Å². The highest BCUT2D eigenvalue weighted by Crippen LogP contribution is 2.55. The number of nitrogens with zero attached hydrogens (tertiary/aromatic N) is 1. The molecule has 1 N–H and O–H groups in total. The highest BCUT2D eigenvalue weighted by atomic mass is 16.5. The number of allylic oxidation sites excluding steroid dienone is 2. The van der Waals surface area contributed by atoms with Crippen molar-refractivity contribution in [3.63, 3.8) is 0 Å². The summed E-state index contributed by atoms with van der Waals surface area (Å²) in [7, 11) is 3.88. The molecule has 2 unspecified atom stereocenters. The molecule has 122 valence electrons. The summed E-state index contributed by atoms with van der Waals surface area (Å²) in [5.74, 6) is 1.86. The third-order valence-electron chi connectivity index (χ3n) is 5.35. The van der Waals surface area contributed by atoms with Crippen LogP contribution in [0.3, 0.4) is 0 Å². The summed E-state index contributed by atoms with van der Waals surface area (Å²) < 4.78 is 11.6. The molecule has 1 aliphatic heterocycles. The Morgan fingerprint density at radius 3 is 2.91 bits per heavy atom. The lowest BCUT2D eigenvalue weighted by Gasteiger charge is -2.40. The molecule has 4 rings (SSSR count). The summed E-state index contributed by atoms with van der Waals surface area (Å²) in [4.78, 5) is 2.43. The second-order valence-corrected chi connectivity index (χ2v) is 6.64. The maximum Gasteiger partial charge on any atom is 0.166 e. The number of hydrogen-bond acceptors (Lipinski definition) is 4. The van der Waals surface area contributed by atoms with Crippen LogP contribution in [0, 0.1) is 0 Å². The molecule has 0 aromatic heterocycles. The molecule has 4 nitrogen and oxygen atoms in total. The molecule has 3 atom stereocenters. The van der Waals surface area contributed by atoms with Gasteiger partial charge in [-0.15, -0.1) is 0 Å². The van der Waals surface area contributed by atoms with E-state index in [1.807, 2.05) is 12.1 Å². The van der Waals surface area contributed by atoms with Crippen LogP contribution in [0.25, 0.3) is 0 Å². The van der Waals surface area contributed by atoms with Gasteiger partial charge in [-0.2, -0.15) is 0 Å². The fourth-order valence-electron chi connectivity index (χ4n) is 4.31. The van der Waals surface area contributed by atoms with Crippen molar-refractivity contribution in [3.8, 4) is 11.5 Å². The topological polar surface area (TPSA) is 41.9 Å². The van der Waals surface area contributed by atoms with E-state index < -0.39 is 0 Å². The molecule has 0 bridgehead atoms. The summed E-state index contributed by atoms with van der Waals surface area (Å²) in [6.07, 6.45) is 6.17. The summed E-state index contributed by atoms with van der Waals surface area (Å²) in [5.41, 5.74) is 3.82. The number of methoxy groups -OCH3 is 1. The Kier molecular flexibility index (Phi) is 3.38. The van der Waals surface area contributed by atoms with Crippen LogP contribution in [-0.2, 0) is 11.2 Å². The lowest BCUT2D eigenvalue weighted by molar-refractivity contribution is 0.142. The second-order valence-electron chi connectivity index (χ2n) is 6.64. The molecule has 0 radical (unpaired) electrons. The van der Waals surface area contributed by atoms with Crippen LogP contribution in [0.5, 0.6) is 11.5 Å². The van der Waals surface area contributed by atoms with E-state index in [0.29, 0.717) is 11.8 Å². The largest absolute Gasteiger partial charge is 0.504 e. The van der Waals surface area contributed by atoms with E-state index in [-0.39, 0.29) is 17.8 Å². The zero-order valence-electron chi connectivity index (χ0n) is 13.9. The van der Waals surface area contributed by atoms with E-state index in [1.54, 1.807) is 13.2 Å². The molecule has 4 heteroatoms. The van der Waals surface area contributed by atoms with Crippen LogP contribution in [0.2, 0.25) is 0 Å². The first-order chi connectivity index (χ1) is 11.2. The average molecular weight is 313 g/mol. The van der Waals surface area contributed by atoms with Crippen molar-refractivity contribution >= 4 is 0 Å². The monoisotopic (exact) mass is 313 g/mol. The van der Waals surface area contributed by atoms with Crippen molar-refractivity contribution in [2.45, 2.75) is 37.8 Å². The zero-order valence-corrected chi connectivity index (χ0v) is 13.9. The summed E-state index contributed by atoms with van der Waals surface area (Å²) in [5, 5.41) is 10.2. The van der Waals surface area contributed by atoms with Gasteiger partial charge in [0.2, 0.25) is 0 Å². The zero-order chi connectivity index (χ0) is 16.1. The van der Waals surface area contributed by atoms with Gasteiger partial charge in [0.05, 0.1) is 13.0 Å². The van der Waals surface area contributed by atoms with Gasteiger partial charge in [-0.3, -0.25) is 4.90 Å². The fourth-order valence-corrected chi connectivity index (χ4v) is 4.31. The Morgan fingerprint density at radius 2 is 2.17 bits per heavy atom. The number of aromatic hydroxyl groups is 1. The first-order valence-corrected chi connectivity index (χ1v) is 8.33. The van der Waals surface area contributed by atoms with Gasteiger partial charge in [-0.25, -0.2) is 0 Å². The van der Waals surface area contributed by atoms with Gasteiger partial charge in [0.15, 0.2) is 17.6 Å². The quantitative estimate of drug-likeness (QED) is 0.928. The van der Waals surface area contributed by atoms with Gasteiger partial charge in [0.1, 0.15) is 5.76 Å². The molecular weight excluding hydrogens is 290 g/mol. The second kappa shape index (κ2) is 5.31. The normalized spacial score (nSPS) is 27.2. The molecule has 0 saturated carbocycles. The van der Waals surface area contributed by atoms with Crippen LogP contribution in [0.15, 0.2) is 35.6 Å². The first-order valence-electron chi connectivity index (χ1n) is 8.33. The molecule has 0 amide bonds. The van der Waals surface area contributed by atoms with Crippen molar-refractivity contribution in [2.24, 2.45) is 0 Å². The van der Waals surface area contributed by atoms with Gasteiger partial charge in [0, 0.05) is 11.6 Å². The van der Waals surface area contributed by atoms with Gasteiger partial charge >= 0.3 is 0 Å². The van der Waals surface area contributed by atoms with Gasteiger partial charge in [0.25, 0.3) is 0 Å². The predicted octanol–water partition coefficient (Wildman–Crippen LogP) is 2.97. The number of phenols is 1. The molecule has 0 fully saturated rings. The minimum atomic E-state index is -0.153. The van der Waals surface area contributed by atoms with Crippen LogP contribution in [0.4, 0.5) is 0 Å². The molecule has 1 heterocycles. The maximum atomic E-state index is 10.2. The van der Waals surface area contributed by atoms with Gasteiger partial charge < -0.3 is 14.6 Å². The van der Waals surface area contributed by atoms with Crippen molar-refractivity contribution < 1.29 is 14.6 Å². The lowest BCUT2D eigenvalue weighted by Crippen LogP contribution is -2.43. The Hall–Kier alpha value is -1.94. The minimum Gasteiger partial charge on any atom is -0.504 e. The molecule has 0 saturated heterocycles. The van der Waals surface area contributed by atoms with E-state index in [9.17, 15) is 5.11 Å². The fraction of sp³-hybridized carbons (Fsp3) is 0.474. The molecule has 23 heavy (non-hydrogen) atoms. The van der Waals surface area contributed by atoms with E-state index in [1.165, 1.54) is 11.1 Å². The van der Waals surface area contributed by atoms with Gasteiger partial charge in [-0.1, -0.05) is 19.1 Å². The summed E-state index contributed by atoms with van der Waals surface area (Å²) >= 11 is 0. The number of rotatable bonds is 4. The smallest absolute Gasteiger partial charge is 0.166 e. The van der Waals surface area contributed by atoms with Crippen LogP contribution >= 0.6 is 0 Å². The van der Waals surface area contributed by atoms with Crippen molar-refractivity contribution in [1.29, 1.82) is 0 Å². The number of likely N-dealkylation sites (N-methyl/N-ethyl adjacent to an activating group) is 1. The van der Waals surface area contributed by atoms with Crippen molar-refractivity contribution in [2.75, 3.05) is 20.7 Å². The first kappa shape index (κ1) is 14.6. The number of benzene rings is 1. The molecular formula is C19H23NO3. The van der Waals surface area contributed by atoms with Crippen LogP contribution < -0.4 is 4.74 Å². The Balaban J connectivity index is 1.86. The highest BCUT2D eigenvalue weighted by molar-refractivity contribution is 5.62. The Labute approximate surface area is 137 Å². The van der Waals surface area contributed by atoms with Crippen LogP contribution in [0.1, 0.15) is 30.4 Å². The minimum absolute atomic E-state index is 0.153. The number of hydrogen-bond donors (Lipinski definition) is 1.